The predicted molar refractivity (Wildman–Crippen MR) is 78.8 cm³/mol. The normalized spacial score (nSPS) is 16.2. The molecule has 0 aromatic rings. The van der Waals surface area contributed by atoms with E-state index in [-0.39, 0.29) is 23.9 Å². The maximum Gasteiger partial charge on any atom is 0.246 e. The molecular formula is C16H18N2O2. The van der Waals surface area contributed by atoms with Crippen LogP contribution in [0.2, 0.25) is 0 Å². The Bertz CT molecular complexity index is 459. The molecule has 0 fully saturated rings. The molecule has 2 aliphatic rings. The molecule has 0 unspecified atom stereocenters. The predicted octanol–water partition coefficient (Wildman–Crippen LogP) is 1.45. The summed E-state index contributed by atoms with van der Waals surface area (Å²) in [4.78, 5) is 26.7. The number of amides is 2. The lowest BCUT2D eigenvalue weighted by Crippen LogP contribution is -2.34. The Labute approximate surface area is 119 Å². The molecule has 0 N–H and O–H groups in total. The number of hydrogen-bond donors (Lipinski definition) is 0. The van der Waals surface area contributed by atoms with Gasteiger partial charge in [-0.05, 0) is 12.2 Å². The van der Waals surface area contributed by atoms with E-state index in [9.17, 15) is 9.59 Å². The van der Waals surface area contributed by atoms with Crippen LogP contribution >= 0.6 is 0 Å². The van der Waals surface area contributed by atoms with Crippen LogP contribution < -0.4 is 0 Å². The van der Waals surface area contributed by atoms with Crippen molar-refractivity contribution in [2.75, 3.05) is 13.1 Å². The summed E-state index contributed by atoms with van der Waals surface area (Å²) in [7, 11) is 0. The first-order valence-corrected chi connectivity index (χ1v) is 6.55. The van der Waals surface area contributed by atoms with E-state index in [1.54, 1.807) is 9.80 Å². The highest BCUT2D eigenvalue weighted by atomic mass is 16.2. The Morgan fingerprint density at radius 3 is 1.45 bits per heavy atom. The van der Waals surface area contributed by atoms with Gasteiger partial charge in [0, 0.05) is 13.1 Å². The largest absolute Gasteiger partial charge is 0.326 e. The van der Waals surface area contributed by atoms with Crippen molar-refractivity contribution < 1.29 is 9.59 Å². The zero-order valence-corrected chi connectivity index (χ0v) is 11.3. The maximum absolute atomic E-state index is 11.6. The van der Waals surface area contributed by atoms with Gasteiger partial charge in [-0.2, -0.15) is 0 Å². The van der Waals surface area contributed by atoms with Crippen molar-refractivity contribution in [3.05, 3.63) is 61.8 Å². The standard InChI is InChI=1S/C16H18N2O2/c1-3-15(19)17(13-7-8-13)11-5-6-12-18(14-9-10-14)16(20)4-2/h3-10,13-14H,1-2,11-12H2/b6-5+. The number of rotatable bonds is 8. The van der Waals surface area contributed by atoms with E-state index in [1.165, 1.54) is 12.2 Å². The molecule has 0 atom stereocenters. The fourth-order valence-electron chi connectivity index (χ4n) is 1.84. The van der Waals surface area contributed by atoms with Gasteiger partial charge in [-0.1, -0.05) is 49.6 Å². The summed E-state index contributed by atoms with van der Waals surface area (Å²) in [5, 5.41) is 0. The average molecular weight is 270 g/mol. The van der Waals surface area contributed by atoms with Gasteiger partial charge >= 0.3 is 0 Å². The van der Waals surface area contributed by atoms with Crippen LogP contribution in [0.4, 0.5) is 0 Å². The molecule has 0 aromatic carbocycles. The van der Waals surface area contributed by atoms with Crippen molar-refractivity contribution in [2.45, 2.75) is 12.1 Å². The highest BCUT2D eigenvalue weighted by molar-refractivity contribution is 5.88. The molecule has 2 rings (SSSR count). The minimum atomic E-state index is -0.0902. The van der Waals surface area contributed by atoms with Crippen molar-refractivity contribution in [2.24, 2.45) is 0 Å². The van der Waals surface area contributed by atoms with Gasteiger partial charge in [-0.25, -0.2) is 0 Å². The van der Waals surface area contributed by atoms with Gasteiger partial charge in [0.05, 0.1) is 12.1 Å². The first kappa shape index (κ1) is 14.1. The van der Waals surface area contributed by atoms with Crippen LogP contribution in [0.5, 0.6) is 0 Å². The Hall–Kier alpha value is -2.36. The third-order valence-electron chi connectivity index (χ3n) is 3.14. The molecule has 0 aliphatic heterocycles. The molecule has 0 saturated carbocycles. The zero-order chi connectivity index (χ0) is 14.5. The van der Waals surface area contributed by atoms with Crippen LogP contribution in [0.1, 0.15) is 0 Å². The Balaban J connectivity index is 1.82. The van der Waals surface area contributed by atoms with Crippen molar-refractivity contribution in [1.82, 2.24) is 9.80 Å². The quantitative estimate of drug-likeness (QED) is 0.495. The minimum Gasteiger partial charge on any atom is -0.326 e. The molecule has 4 heteroatoms. The summed E-state index contributed by atoms with van der Waals surface area (Å²) in [6.07, 6.45) is 14.2. The highest BCUT2D eigenvalue weighted by Gasteiger charge is 2.24. The van der Waals surface area contributed by atoms with Crippen LogP contribution in [-0.2, 0) is 9.59 Å². The first-order valence-electron chi connectivity index (χ1n) is 6.55. The monoisotopic (exact) mass is 270 g/mol. The zero-order valence-electron chi connectivity index (χ0n) is 11.3. The summed E-state index contributed by atoms with van der Waals surface area (Å²) in [6, 6.07) is 0.224. The van der Waals surface area contributed by atoms with E-state index < -0.39 is 0 Å². The van der Waals surface area contributed by atoms with E-state index in [0.717, 1.165) is 0 Å². The topological polar surface area (TPSA) is 40.6 Å². The van der Waals surface area contributed by atoms with Gasteiger partial charge in [0.25, 0.3) is 0 Å². The minimum absolute atomic E-state index is 0.0902. The van der Waals surface area contributed by atoms with Gasteiger partial charge in [-0.15, -0.1) is 0 Å². The summed E-state index contributed by atoms with van der Waals surface area (Å²) in [5.74, 6) is -0.180. The van der Waals surface area contributed by atoms with E-state index >= 15 is 0 Å². The van der Waals surface area contributed by atoms with Crippen LogP contribution in [-0.4, -0.2) is 46.8 Å². The fourth-order valence-corrected chi connectivity index (χ4v) is 1.84. The molecule has 2 aliphatic carbocycles. The number of carbonyl (C=O) groups is 2. The SMILES string of the molecule is C=CC(=O)N(C/C=C/CN(C(=O)C=C)C1C=C1)C1C=C1. The van der Waals surface area contributed by atoms with Crippen LogP contribution in [0.15, 0.2) is 61.8 Å². The molecule has 0 spiro atoms. The van der Waals surface area contributed by atoms with Gasteiger partial charge < -0.3 is 9.80 Å². The molecule has 0 aromatic heterocycles. The lowest BCUT2D eigenvalue weighted by atomic mass is 10.3. The summed E-state index contributed by atoms with van der Waals surface area (Å²) in [5.41, 5.74) is 0. The lowest BCUT2D eigenvalue weighted by molar-refractivity contribution is -0.126. The van der Waals surface area contributed by atoms with Crippen LogP contribution in [0.3, 0.4) is 0 Å². The van der Waals surface area contributed by atoms with Gasteiger partial charge in [0.2, 0.25) is 11.8 Å². The van der Waals surface area contributed by atoms with Gasteiger partial charge in [0.1, 0.15) is 0 Å². The van der Waals surface area contributed by atoms with E-state index in [4.69, 9.17) is 0 Å². The second-order valence-corrected chi connectivity index (χ2v) is 4.61. The Kier molecular flexibility index (Phi) is 4.35. The lowest BCUT2D eigenvalue weighted by Gasteiger charge is -2.20. The number of nitrogens with zero attached hydrogens (tertiary/aromatic N) is 2. The van der Waals surface area contributed by atoms with Gasteiger partial charge in [-0.3, -0.25) is 9.59 Å². The highest BCUT2D eigenvalue weighted by Crippen LogP contribution is 2.17. The number of carbonyl (C=O) groups excluding carboxylic acids is 2. The van der Waals surface area contributed by atoms with Crippen molar-refractivity contribution in [3.63, 3.8) is 0 Å². The molecule has 4 nitrogen and oxygen atoms in total. The molecule has 104 valence electrons. The van der Waals surface area contributed by atoms with Crippen LogP contribution in [0.25, 0.3) is 0 Å². The molecule has 0 bridgehead atoms. The second kappa shape index (κ2) is 6.19. The number of hydrogen-bond acceptors (Lipinski definition) is 2. The summed E-state index contributed by atoms with van der Waals surface area (Å²) >= 11 is 0. The third-order valence-corrected chi connectivity index (χ3v) is 3.14. The molecular weight excluding hydrogens is 252 g/mol. The second-order valence-electron chi connectivity index (χ2n) is 4.61. The van der Waals surface area contributed by atoms with Crippen molar-refractivity contribution in [1.29, 1.82) is 0 Å². The van der Waals surface area contributed by atoms with E-state index in [0.29, 0.717) is 13.1 Å². The van der Waals surface area contributed by atoms with E-state index in [2.05, 4.69) is 13.2 Å². The summed E-state index contributed by atoms with van der Waals surface area (Å²) < 4.78 is 0. The molecule has 0 saturated heterocycles. The average Bonchev–Trinajstić information content (AvgIpc) is 3.33. The first-order chi connectivity index (χ1) is 9.67. The smallest absolute Gasteiger partial charge is 0.246 e. The van der Waals surface area contributed by atoms with Crippen molar-refractivity contribution in [3.8, 4) is 0 Å². The fraction of sp³-hybridized carbons (Fsp3) is 0.250. The molecule has 20 heavy (non-hydrogen) atoms. The molecule has 0 heterocycles. The van der Waals surface area contributed by atoms with E-state index in [1.807, 2.05) is 36.5 Å². The van der Waals surface area contributed by atoms with Crippen LogP contribution in [0, 0.1) is 0 Å². The molecule has 2 amide bonds. The Morgan fingerprint density at radius 2 is 1.20 bits per heavy atom. The third kappa shape index (κ3) is 3.57. The molecule has 0 radical (unpaired) electrons. The summed E-state index contributed by atoms with van der Waals surface area (Å²) in [6.45, 7) is 8.02. The van der Waals surface area contributed by atoms with Gasteiger partial charge in [0.15, 0.2) is 0 Å². The Morgan fingerprint density at radius 1 is 0.850 bits per heavy atom. The van der Waals surface area contributed by atoms with Crippen molar-refractivity contribution >= 4 is 11.8 Å². The maximum atomic E-state index is 11.6.